The highest BCUT2D eigenvalue weighted by Gasteiger charge is 2.55. The van der Waals surface area contributed by atoms with E-state index < -0.39 is 0 Å². The molecule has 6 heteroatoms. The van der Waals surface area contributed by atoms with Gasteiger partial charge in [-0.2, -0.15) is 0 Å². The molecule has 4 unspecified atom stereocenters. The molecule has 3 aliphatic carbocycles. The van der Waals surface area contributed by atoms with E-state index in [1.54, 1.807) is 24.5 Å². The van der Waals surface area contributed by atoms with Crippen molar-refractivity contribution < 1.29 is 19.1 Å². The lowest BCUT2D eigenvalue weighted by molar-refractivity contribution is -0.111. The van der Waals surface area contributed by atoms with Gasteiger partial charge in [-0.25, -0.2) is 4.79 Å². The number of ether oxygens (including phenoxy) is 2. The Hall–Kier alpha value is -3.38. The van der Waals surface area contributed by atoms with Crippen molar-refractivity contribution >= 4 is 34.3 Å². The number of anilines is 1. The molecule has 0 aliphatic heterocycles. The lowest BCUT2D eigenvalue weighted by Crippen LogP contribution is -2.43. The van der Waals surface area contributed by atoms with Crippen LogP contribution in [0.15, 0.2) is 54.6 Å². The Morgan fingerprint density at radius 1 is 1.15 bits per heavy atom. The van der Waals surface area contributed by atoms with Crippen LogP contribution in [-0.4, -0.2) is 25.6 Å². The van der Waals surface area contributed by atoms with Gasteiger partial charge in [0.2, 0.25) is 5.91 Å². The number of amides is 1. The second kappa shape index (κ2) is 10.3. The van der Waals surface area contributed by atoms with Crippen LogP contribution in [0.4, 0.5) is 5.00 Å². The van der Waals surface area contributed by atoms with Gasteiger partial charge in [0.15, 0.2) is 0 Å². The molecule has 1 amide bonds. The zero-order valence-corrected chi connectivity index (χ0v) is 23.6. The molecule has 1 saturated carbocycles. The Labute approximate surface area is 234 Å². The Kier molecular flexibility index (Phi) is 6.84. The van der Waals surface area contributed by atoms with E-state index in [0.29, 0.717) is 34.9 Å². The number of nitrogens with one attached hydrogen (secondary N) is 1. The summed E-state index contributed by atoms with van der Waals surface area (Å²) < 4.78 is 11.0. The number of esters is 1. The zero-order chi connectivity index (χ0) is 27.1. The molecule has 1 fully saturated rings. The van der Waals surface area contributed by atoms with Crippen LogP contribution in [0.2, 0.25) is 0 Å². The summed E-state index contributed by atoms with van der Waals surface area (Å²) in [7, 11) is 1.73. The third kappa shape index (κ3) is 4.49. The van der Waals surface area contributed by atoms with Crippen LogP contribution in [-0.2, 0) is 27.8 Å². The normalized spacial score (nSPS) is 24.8. The minimum absolute atomic E-state index is 0.109. The van der Waals surface area contributed by atoms with Crippen molar-refractivity contribution in [2.75, 3.05) is 19.0 Å². The van der Waals surface area contributed by atoms with Gasteiger partial charge in [-0.3, -0.25) is 4.79 Å². The lowest BCUT2D eigenvalue weighted by Gasteiger charge is -2.49. The first-order chi connectivity index (χ1) is 18.9. The van der Waals surface area contributed by atoms with Gasteiger partial charge in [0, 0.05) is 11.0 Å². The molecule has 3 aromatic rings. The molecule has 1 heterocycles. The maximum absolute atomic E-state index is 13.4. The minimum Gasteiger partial charge on any atom is -0.497 e. The fourth-order valence-electron chi connectivity index (χ4n) is 7.49. The number of carbonyl (C=O) groups is 2. The Bertz CT molecular complexity index is 1440. The maximum atomic E-state index is 13.4. The summed E-state index contributed by atoms with van der Waals surface area (Å²) in [5, 5.41) is 3.64. The molecule has 1 N–H and O–H groups in total. The van der Waals surface area contributed by atoms with Crippen molar-refractivity contribution in [2.45, 2.75) is 57.3 Å². The summed E-state index contributed by atoms with van der Waals surface area (Å²) >= 11 is 1.56. The molecule has 6 rings (SSSR count). The number of hydrogen-bond acceptors (Lipinski definition) is 5. The lowest BCUT2D eigenvalue weighted by atomic mass is 9.54. The van der Waals surface area contributed by atoms with Gasteiger partial charge in [-0.05, 0) is 103 Å². The third-order valence-corrected chi connectivity index (χ3v) is 10.4. The Morgan fingerprint density at radius 3 is 2.74 bits per heavy atom. The van der Waals surface area contributed by atoms with Gasteiger partial charge in [0.1, 0.15) is 10.8 Å². The second-order valence-corrected chi connectivity index (χ2v) is 12.3. The number of benzene rings is 2. The number of methoxy groups -OCH3 is 1. The zero-order valence-electron chi connectivity index (χ0n) is 22.8. The van der Waals surface area contributed by atoms with Gasteiger partial charge >= 0.3 is 5.97 Å². The van der Waals surface area contributed by atoms with Crippen LogP contribution in [0.3, 0.4) is 0 Å². The van der Waals surface area contributed by atoms with E-state index in [1.807, 2.05) is 37.3 Å². The number of rotatable bonds is 6. The molecular weight excluding hydrogens is 506 g/mol. The highest BCUT2D eigenvalue weighted by atomic mass is 32.1. The van der Waals surface area contributed by atoms with E-state index in [1.165, 1.54) is 22.1 Å². The fraction of sp³-hybridized carbons (Fsp3) is 0.394. The van der Waals surface area contributed by atoms with Crippen molar-refractivity contribution in [1.29, 1.82) is 0 Å². The van der Waals surface area contributed by atoms with Crippen LogP contribution in [0.5, 0.6) is 5.75 Å². The van der Waals surface area contributed by atoms with Crippen LogP contribution < -0.4 is 10.1 Å². The summed E-state index contributed by atoms with van der Waals surface area (Å²) in [6.07, 6.45) is 8.59. The summed E-state index contributed by atoms with van der Waals surface area (Å²) in [5.74, 6) is 1.95. The topological polar surface area (TPSA) is 64.6 Å². The molecule has 4 atom stereocenters. The Morgan fingerprint density at radius 2 is 1.97 bits per heavy atom. The van der Waals surface area contributed by atoms with Gasteiger partial charge in [-0.15, -0.1) is 11.3 Å². The molecule has 0 bridgehead atoms. The third-order valence-electron chi connectivity index (χ3n) is 9.22. The van der Waals surface area contributed by atoms with Gasteiger partial charge in [0.05, 0.1) is 19.3 Å². The van der Waals surface area contributed by atoms with Crippen LogP contribution >= 0.6 is 11.3 Å². The summed E-state index contributed by atoms with van der Waals surface area (Å²) in [5.41, 5.74) is 5.44. The van der Waals surface area contributed by atoms with E-state index in [-0.39, 0.29) is 17.3 Å². The average Bonchev–Trinajstić information content (AvgIpc) is 3.45. The van der Waals surface area contributed by atoms with E-state index >= 15 is 0 Å². The smallest absolute Gasteiger partial charge is 0.341 e. The van der Waals surface area contributed by atoms with Gasteiger partial charge < -0.3 is 14.8 Å². The second-order valence-electron chi connectivity index (χ2n) is 11.2. The van der Waals surface area contributed by atoms with Gasteiger partial charge in [-0.1, -0.05) is 43.3 Å². The van der Waals surface area contributed by atoms with E-state index in [0.717, 1.165) is 49.0 Å². The van der Waals surface area contributed by atoms with Crippen LogP contribution in [0.25, 0.3) is 6.08 Å². The molecule has 202 valence electrons. The van der Waals surface area contributed by atoms with E-state index in [2.05, 4.69) is 30.4 Å². The van der Waals surface area contributed by atoms with Gasteiger partial charge in [0.25, 0.3) is 0 Å². The van der Waals surface area contributed by atoms with Crippen molar-refractivity contribution in [3.8, 4) is 5.75 Å². The first-order valence-electron chi connectivity index (χ1n) is 14.0. The number of thiophene rings is 1. The monoisotopic (exact) mass is 541 g/mol. The summed E-state index contributed by atoms with van der Waals surface area (Å²) in [4.78, 5) is 27.5. The first-order valence-corrected chi connectivity index (χ1v) is 14.8. The van der Waals surface area contributed by atoms with Crippen molar-refractivity contribution in [3.63, 3.8) is 0 Å². The minimum atomic E-state index is -0.331. The highest BCUT2D eigenvalue weighted by Crippen LogP contribution is 2.63. The molecule has 0 saturated heterocycles. The van der Waals surface area contributed by atoms with E-state index in [4.69, 9.17) is 9.47 Å². The van der Waals surface area contributed by atoms with Crippen LogP contribution in [0, 0.1) is 11.8 Å². The van der Waals surface area contributed by atoms with Crippen LogP contribution in [0.1, 0.15) is 76.5 Å². The van der Waals surface area contributed by atoms with Crippen molar-refractivity contribution in [3.05, 3.63) is 87.3 Å². The highest BCUT2D eigenvalue weighted by molar-refractivity contribution is 7.17. The standard InChI is InChI=1S/C33H35NO4S/c1-4-38-32(36)29-30-27(39-31(29)34-28(35)15-10-20-8-6-5-7-9-20)19-26-25-13-11-21-18-22(37-3)12-14-23(21)24(25)16-17-33(26,30)2/h5-10,12,14-15,18,24-26H,4,11,13,16-17,19H2,1-3H3,(H,34,35)/b15-10+. The largest absolute Gasteiger partial charge is 0.497 e. The predicted octanol–water partition coefficient (Wildman–Crippen LogP) is 7.16. The quantitative estimate of drug-likeness (QED) is 0.266. The first kappa shape index (κ1) is 25.9. The molecule has 5 nitrogen and oxygen atoms in total. The molecule has 0 spiro atoms. The molecular formula is C33H35NO4S. The SMILES string of the molecule is CCOC(=O)c1c(NC(=O)/C=C/c2ccccc2)sc2c1C1(C)CCC3c4ccc(OC)cc4CCC3C1C2. The maximum Gasteiger partial charge on any atom is 0.341 e. The molecule has 39 heavy (non-hydrogen) atoms. The molecule has 1 aromatic heterocycles. The molecule has 3 aliphatic rings. The molecule has 0 radical (unpaired) electrons. The summed E-state index contributed by atoms with van der Waals surface area (Å²) in [6.45, 7) is 4.48. The predicted molar refractivity (Wildman–Crippen MR) is 156 cm³/mol. The van der Waals surface area contributed by atoms with Crippen molar-refractivity contribution in [1.82, 2.24) is 0 Å². The van der Waals surface area contributed by atoms with E-state index in [9.17, 15) is 9.59 Å². The van der Waals surface area contributed by atoms with Crippen molar-refractivity contribution in [2.24, 2.45) is 11.8 Å². The number of aryl methyl sites for hydroxylation is 1. The number of hydrogen-bond donors (Lipinski definition) is 1. The Balaban J connectivity index is 1.31. The average molecular weight is 542 g/mol. The summed E-state index contributed by atoms with van der Waals surface area (Å²) in [6, 6.07) is 16.3. The molecule has 2 aromatic carbocycles. The fourth-order valence-corrected chi connectivity index (χ4v) is 8.88. The number of carbonyl (C=O) groups excluding carboxylic acids is 2. The number of fused-ring (bicyclic) bond motifs is 7.